The SMILES string of the molecule is Cc1cc(F)ccc1NC(=O)NCCCn1ccnc1. The number of anilines is 1. The molecule has 1 aromatic heterocycles. The Balaban J connectivity index is 1.72. The van der Waals surface area contributed by atoms with E-state index in [1.807, 2.05) is 10.8 Å². The van der Waals surface area contributed by atoms with Crippen LogP contribution in [0.1, 0.15) is 12.0 Å². The van der Waals surface area contributed by atoms with Crippen molar-refractivity contribution in [1.29, 1.82) is 0 Å². The lowest BCUT2D eigenvalue weighted by Crippen LogP contribution is -2.30. The fourth-order valence-corrected chi connectivity index (χ4v) is 1.82. The van der Waals surface area contributed by atoms with Crippen molar-refractivity contribution in [1.82, 2.24) is 14.9 Å². The zero-order valence-electron chi connectivity index (χ0n) is 11.3. The number of halogens is 1. The maximum absolute atomic E-state index is 12.9. The van der Waals surface area contributed by atoms with Crippen molar-refractivity contribution in [2.24, 2.45) is 0 Å². The topological polar surface area (TPSA) is 59.0 Å². The van der Waals surface area contributed by atoms with Gasteiger partial charge in [-0.25, -0.2) is 14.2 Å². The van der Waals surface area contributed by atoms with Gasteiger partial charge in [0.2, 0.25) is 0 Å². The van der Waals surface area contributed by atoms with Gasteiger partial charge in [0.1, 0.15) is 5.82 Å². The first-order chi connectivity index (χ1) is 9.65. The summed E-state index contributed by atoms with van der Waals surface area (Å²) < 4.78 is 14.9. The predicted octanol–water partition coefficient (Wildman–Crippen LogP) is 2.54. The second-order valence-electron chi connectivity index (χ2n) is 4.49. The third kappa shape index (κ3) is 4.08. The number of aryl methyl sites for hydroxylation is 2. The Morgan fingerprint density at radius 1 is 1.45 bits per heavy atom. The van der Waals surface area contributed by atoms with Gasteiger partial charge in [0.05, 0.1) is 6.33 Å². The number of carbonyl (C=O) groups excluding carboxylic acids is 1. The van der Waals surface area contributed by atoms with Gasteiger partial charge in [-0.1, -0.05) is 0 Å². The minimum atomic E-state index is -0.311. The molecular formula is C14H17FN4O. The molecule has 0 aliphatic rings. The van der Waals surface area contributed by atoms with Crippen LogP contribution in [0, 0.1) is 12.7 Å². The predicted molar refractivity (Wildman–Crippen MR) is 75.0 cm³/mol. The fraction of sp³-hybridized carbons (Fsp3) is 0.286. The van der Waals surface area contributed by atoms with E-state index in [1.165, 1.54) is 12.1 Å². The molecule has 0 unspecified atom stereocenters. The van der Waals surface area contributed by atoms with E-state index < -0.39 is 0 Å². The van der Waals surface area contributed by atoms with E-state index in [1.54, 1.807) is 25.5 Å². The molecule has 6 heteroatoms. The van der Waals surface area contributed by atoms with Crippen LogP contribution >= 0.6 is 0 Å². The molecule has 0 radical (unpaired) electrons. The van der Waals surface area contributed by atoms with E-state index >= 15 is 0 Å². The van der Waals surface area contributed by atoms with Crippen LogP contribution in [0.3, 0.4) is 0 Å². The Bertz CT molecular complexity index is 569. The van der Waals surface area contributed by atoms with E-state index in [-0.39, 0.29) is 11.8 Å². The molecule has 20 heavy (non-hydrogen) atoms. The van der Waals surface area contributed by atoms with Crippen molar-refractivity contribution < 1.29 is 9.18 Å². The lowest BCUT2D eigenvalue weighted by atomic mass is 10.2. The summed E-state index contributed by atoms with van der Waals surface area (Å²) in [5.41, 5.74) is 1.30. The van der Waals surface area contributed by atoms with E-state index in [0.717, 1.165) is 13.0 Å². The highest BCUT2D eigenvalue weighted by molar-refractivity contribution is 5.89. The molecule has 2 N–H and O–H groups in total. The third-order valence-corrected chi connectivity index (χ3v) is 2.87. The molecule has 0 bridgehead atoms. The summed E-state index contributed by atoms with van der Waals surface area (Å²) in [5.74, 6) is -0.311. The minimum absolute atomic E-state index is 0.287. The van der Waals surface area contributed by atoms with Crippen molar-refractivity contribution in [2.45, 2.75) is 19.9 Å². The Morgan fingerprint density at radius 3 is 3.00 bits per heavy atom. The number of hydrogen-bond acceptors (Lipinski definition) is 2. The Morgan fingerprint density at radius 2 is 2.30 bits per heavy atom. The van der Waals surface area contributed by atoms with Crippen LogP contribution in [-0.4, -0.2) is 22.1 Å². The molecule has 0 aliphatic heterocycles. The summed E-state index contributed by atoms with van der Waals surface area (Å²) in [4.78, 5) is 15.6. The first-order valence-electron chi connectivity index (χ1n) is 6.42. The van der Waals surface area contributed by atoms with Crippen LogP contribution in [0.4, 0.5) is 14.9 Å². The molecule has 106 valence electrons. The van der Waals surface area contributed by atoms with Crippen molar-refractivity contribution in [3.05, 3.63) is 48.3 Å². The van der Waals surface area contributed by atoms with Gasteiger partial charge in [0.15, 0.2) is 0 Å². The zero-order valence-corrected chi connectivity index (χ0v) is 11.3. The highest BCUT2D eigenvalue weighted by Gasteiger charge is 2.04. The largest absolute Gasteiger partial charge is 0.338 e. The molecule has 0 aliphatic carbocycles. The summed E-state index contributed by atoms with van der Waals surface area (Å²) in [6.07, 6.45) is 6.15. The molecule has 0 saturated heterocycles. The van der Waals surface area contributed by atoms with Gasteiger partial charge < -0.3 is 15.2 Å². The molecule has 5 nitrogen and oxygen atoms in total. The van der Waals surface area contributed by atoms with Gasteiger partial charge in [-0.2, -0.15) is 0 Å². The lowest BCUT2D eigenvalue weighted by Gasteiger charge is -2.10. The maximum Gasteiger partial charge on any atom is 0.319 e. The van der Waals surface area contributed by atoms with Crippen LogP contribution < -0.4 is 10.6 Å². The van der Waals surface area contributed by atoms with Crippen molar-refractivity contribution in [3.8, 4) is 0 Å². The maximum atomic E-state index is 12.9. The summed E-state index contributed by atoms with van der Waals surface area (Å²) >= 11 is 0. The van der Waals surface area contributed by atoms with Crippen LogP contribution in [0.2, 0.25) is 0 Å². The molecule has 2 amide bonds. The van der Waals surface area contributed by atoms with Gasteiger partial charge in [0.25, 0.3) is 0 Å². The van der Waals surface area contributed by atoms with Crippen molar-refractivity contribution in [2.75, 3.05) is 11.9 Å². The van der Waals surface area contributed by atoms with Gasteiger partial charge >= 0.3 is 6.03 Å². The molecule has 0 atom stereocenters. The molecule has 0 spiro atoms. The summed E-state index contributed by atoms with van der Waals surface area (Å²) in [5, 5.41) is 5.45. The smallest absolute Gasteiger partial charge is 0.319 e. The molecule has 0 fully saturated rings. The van der Waals surface area contributed by atoms with Crippen LogP contribution in [0.15, 0.2) is 36.9 Å². The van der Waals surface area contributed by atoms with E-state index in [0.29, 0.717) is 17.8 Å². The second kappa shape index (κ2) is 6.70. The number of nitrogens with one attached hydrogen (secondary N) is 2. The summed E-state index contributed by atoms with van der Waals surface area (Å²) in [7, 11) is 0. The highest BCUT2D eigenvalue weighted by Crippen LogP contribution is 2.15. The average molecular weight is 276 g/mol. The molecule has 2 aromatic rings. The first kappa shape index (κ1) is 14.0. The zero-order chi connectivity index (χ0) is 14.4. The second-order valence-corrected chi connectivity index (χ2v) is 4.49. The molecule has 1 heterocycles. The standard InChI is InChI=1S/C14H17FN4O/c1-11-9-12(15)3-4-13(11)18-14(20)17-5-2-7-19-8-6-16-10-19/h3-4,6,8-10H,2,5,7H2,1H3,(H2,17,18,20). The minimum Gasteiger partial charge on any atom is -0.338 e. The van der Waals surface area contributed by atoms with Crippen LogP contribution in [0.25, 0.3) is 0 Å². The lowest BCUT2D eigenvalue weighted by molar-refractivity contribution is 0.252. The Labute approximate surface area is 116 Å². The first-order valence-corrected chi connectivity index (χ1v) is 6.42. The van der Waals surface area contributed by atoms with E-state index in [2.05, 4.69) is 15.6 Å². The summed E-state index contributed by atoms with van der Waals surface area (Å²) in [6.45, 7) is 3.11. The molecule has 1 aromatic carbocycles. The molecule has 0 saturated carbocycles. The molecule has 2 rings (SSSR count). The Kier molecular flexibility index (Phi) is 4.70. The average Bonchev–Trinajstić information content (AvgIpc) is 2.91. The van der Waals surface area contributed by atoms with Crippen LogP contribution in [-0.2, 0) is 6.54 Å². The quantitative estimate of drug-likeness (QED) is 0.824. The normalized spacial score (nSPS) is 10.3. The highest BCUT2D eigenvalue weighted by atomic mass is 19.1. The number of carbonyl (C=O) groups is 1. The number of hydrogen-bond donors (Lipinski definition) is 2. The monoisotopic (exact) mass is 276 g/mol. The number of nitrogens with zero attached hydrogens (tertiary/aromatic N) is 2. The van der Waals surface area contributed by atoms with Crippen molar-refractivity contribution in [3.63, 3.8) is 0 Å². The number of imidazole rings is 1. The van der Waals surface area contributed by atoms with E-state index in [9.17, 15) is 9.18 Å². The Hall–Kier alpha value is -2.37. The van der Waals surface area contributed by atoms with Crippen LogP contribution in [0.5, 0.6) is 0 Å². The number of amides is 2. The molecular weight excluding hydrogens is 259 g/mol. The number of rotatable bonds is 5. The van der Waals surface area contributed by atoms with Crippen molar-refractivity contribution >= 4 is 11.7 Å². The number of benzene rings is 1. The van der Waals surface area contributed by atoms with Gasteiger partial charge in [0, 0.05) is 31.2 Å². The number of aromatic nitrogens is 2. The third-order valence-electron chi connectivity index (χ3n) is 2.87. The van der Waals surface area contributed by atoms with Gasteiger partial charge in [-0.15, -0.1) is 0 Å². The van der Waals surface area contributed by atoms with E-state index in [4.69, 9.17) is 0 Å². The number of urea groups is 1. The van der Waals surface area contributed by atoms with Gasteiger partial charge in [-0.05, 0) is 37.1 Å². The summed E-state index contributed by atoms with van der Waals surface area (Å²) in [6, 6.07) is 3.97. The fourth-order valence-electron chi connectivity index (χ4n) is 1.82. The van der Waals surface area contributed by atoms with Gasteiger partial charge in [-0.3, -0.25) is 0 Å².